The minimum Gasteiger partial charge on any atom is -0.299 e. The third kappa shape index (κ3) is 3.59. The quantitative estimate of drug-likeness (QED) is 0.855. The van der Waals surface area contributed by atoms with Crippen molar-refractivity contribution in [2.45, 2.75) is 31.2 Å². The first-order valence-electron chi connectivity index (χ1n) is 7.13. The molecule has 0 aromatic heterocycles. The normalized spacial score (nSPS) is 21.3. The molecule has 1 aliphatic heterocycles. The number of hydrogen-bond donors (Lipinski definition) is 0. The second-order valence-electron chi connectivity index (χ2n) is 5.92. The molecule has 5 heteroatoms. The van der Waals surface area contributed by atoms with Crippen LogP contribution in [0, 0.1) is 5.92 Å². The smallest absolute Gasteiger partial charge is 0.242 e. The summed E-state index contributed by atoms with van der Waals surface area (Å²) in [5.41, 5.74) is 1.07. The van der Waals surface area contributed by atoms with Crippen molar-refractivity contribution in [2.75, 3.05) is 27.2 Å². The molecule has 1 aliphatic rings. The van der Waals surface area contributed by atoms with E-state index in [9.17, 15) is 8.42 Å². The Hall–Kier alpha value is -0.910. The molecular formula is C15H24N2O2S. The summed E-state index contributed by atoms with van der Waals surface area (Å²) >= 11 is 0. The van der Waals surface area contributed by atoms with Crippen LogP contribution in [0.5, 0.6) is 0 Å². The summed E-state index contributed by atoms with van der Waals surface area (Å²) in [5.74, 6) is 0.734. The number of piperidine rings is 1. The Bertz CT molecular complexity index is 555. The Labute approximate surface area is 122 Å². The van der Waals surface area contributed by atoms with Crippen molar-refractivity contribution in [2.24, 2.45) is 5.92 Å². The fourth-order valence-corrected chi connectivity index (χ4v) is 3.68. The predicted molar refractivity (Wildman–Crippen MR) is 81.0 cm³/mol. The first-order valence-corrected chi connectivity index (χ1v) is 8.57. The van der Waals surface area contributed by atoms with Gasteiger partial charge in [0.05, 0.1) is 4.90 Å². The van der Waals surface area contributed by atoms with Crippen molar-refractivity contribution in [1.82, 2.24) is 9.21 Å². The second-order valence-corrected chi connectivity index (χ2v) is 8.07. The number of likely N-dealkylation sites (tertiary alicyclic amines) is 1. The van der Waals surface area contributed by atoms with E-state index >= 15 is 0 Å². The lowest BCUT2D eigenvalue weighted by molar-refractivity contribution is 0.176. The molecule has 20 heavy (non-hydrogen) atoms. The predicted octanol–water partition coefficient (Wildman–Crippen LogP) is 2.17. The molecule has 1 aromatic rings. The van der Waals surface area contributed by atoms with Crippen LogP contribution in [-0.2, 0) is 16.6 Å². The molecular weight excluding hydrogens is 272 g/mol. The third-order valence-corrected chi connectivity index (χ3v) is 5.64. The van der Waals surface area contributed by atoms with Crippen LogP contribution in [-0.4, -0.2) is 44.8 Å². The van der Waals surface area contributed by atoms with E-state index in [2.05, 4.69) is 11.8 Å². The van der Waals surface area contributed by atoms with Gasteiger partial charge >= 0.3 is 0 Å². The van der Waals surface area contributed by atoms with Crippen LogP contribution < -0.4 is 0 Å². The number of benzene rings is 1. The first kappa shape index (κ1) is 15.5. The Morgan fingerprint density at radius 2 is 2.10 bits per heavy atom. The van der Waals surface area contributed by atoms with Gasteiger partial charge in [0.2, 0.25) is 10.0 Å². The lowest BCUT2D eigenvalue weighted by Gasteiger charge is -2.30. The van der Waals surface area contributed by atoms with Gasteiger partial charge in [-0.1, -0.05) is 19.1 Å². The van der Waals surface area contributed by atoms with Crippen LogP contribution in [0.25, 0.3) is 0 Å². The average molecular weight is 296 g/mol. The lowest BCUT2D eigenvalue weighted by atomic mass is 10.00. The first-order chi connectivity index (χ1) is 9.39. The maximum atomic E-state index is 12.1. The van der Waals surface area contributed by atoms with Gasteiger partial charge in [-0.2, -0.15) is 0 Å². The minimum atomic E-state index is -3.34. The van der Waals surface area contributed by atoms with Crippen LogP contribution in [0.3, 0.4) is 0 Å². The van der Waals surface area contributed by atoms with Crippen molar-refractivity contribution in [3.8, 4) is 0 Å². The SMILES string of the molecule is CC1CCCN(Cc2cccc(S(=O)(=O)N(C)C)c2)C1. The van der Waals surface area contributed by atoms with E-state index in [1.165, 1.54) is 17.1 Å². The van der Waals surface area contributed by atoms with Crippen LogP contribution in [0.15, 0.2) is 29.2 Å². The molecule has 1 fully saturated rings. The molecule has 4 nitrogen and oxygen atoms in total. The van der Waals surface area contributed by atoms with Gasteiger partial charge in [-0.15, -0.1) is 0 Å². The monoisotopic (exact) mass is 296 g/mol. The summed E-state index contributed by atoms with van der Waals surface area (Å²) in [4.78, 5) is 2.79. The van der Waals surface area contributed by atoms with Crippen molar-refractivity contribution in [3.63, 3.8) is 0 Å². The molecule has 0 spiro atoms. The topological polar surface area (TPSA) is 40.6 Å². The molecule has 112 valence electrons. The van der Waals surface area contributed by atoms with E-state index < -0.39 is 10.0 Å². The van der Waals surface area contributed by atoms with Gasteiger partial charge in [0.25, 0.3) is 0 Å². The highest BCUT2D eigenvalue weighted by atomic mass is 32.2. The van der Waals surface area contributed by atoms with E-state index in [1.54, 1.807) is 26.2 Å². The summed E-state index contributed by atoms with van der Waals surface area (Å²) in [7, 11) is -0.209. The molecule has 0 radical (unpaired) electrons. The summed E-state index contributed by atoms with van der Waals surface area (Å²) in [6.07, 6.45) is 2.53. The number of sulfonamides is 1. The minimum absolute atomic E-state index is 0.380. The van der Waals surface area contributed by atoms with Gasteiger partial charge in [-0.05, 0) is 43.0 Å². The van der Waals surface area contributed by atoms with E-state index in [0.29, 0.717) is 4.90 Å². The molecule has 0 bridgehead atoms. The summed E-state index contributed by atoms with van der Waals surface area (Å²) in [5, 5.41) is 0. The Balaban J connectivity index is 2.14. The Kier molecular flexibility index (Phi) is 4.83. The number of nitrogens with zero attached hydrogens (tertiary/aromatic N) is 2. The van der Waals surface area contributed by atoms with Gasteiger partial charge < -0.3 is 0 Å². The molecule has 1 unspecified atom stereocenters. The highest BCUT2D eigenvalue weighted by Gasteiger charge is 2.19. The maximum absolute atomic E-state index is 12.1. The van der Waals surface area contributed by atoms with E-state index in [4.69, 9.17) is 0 Å². The Morgan fingerprint density at radius 3 is 2.75 bits per heavy atom. The van der Waals surface area contributed by atoms with Gasteiger partial charge in [0.1, 0.15) is 0 Å². The molecule has 2 rings (SSSR count). The zero-order valence-electron chi connectivity index (χ0n) is 12.5. The zero-order chi connectivity index (χ0) is 14.8. The molecule has 0 amide bonds. The van der Waals surface area contributed by atoms with E-state index in [0.717, 1.165) is 31.1 Å². The number of hydrogen-bond acceptors (Lipinski definition) is 3. The molecule has 0 N–H and O–H groups in total. The van der Waals surface area contributed by atoms with Crippen molar-refractivity contribution in [3.05, 3.63) is 29.8 Å². The average Bonchev–Trinajstić information content (AvgIpc) is 2.39. The molecule has 1 aromatic carbocycles. The van der Waals surface area contributed by atoms with Crippen LogP contribution in [0.1, 0.15) is 25.3 Å². The molecule has 0 aliphatic carbocycles. The highest BCUT2D eigenvalue weighted by molar-refractivity contribution is 7.89. The van der Waals surface area contributed by atoms with Crippen molar-refractivity contribution < 1.29 is 8.42 Å². The van der Waals surface area contributed by atoms with Crippen LogP contribution >= 0.6 is 0 Å². The maximum Gasteiger partial charge on any atom is 0.242 e. The Morgan fingerprint density at radius 1 is 1.35 bits per heavy atom. The molecule has 1 heterocycles. The lowest BCUT2D eigenvalue weighted by Crippen LogP contribution is -2.33. The fraction of sp³-hybridized carbons (Fsp3) is 0.600. The summed E-state index contributed by atoms with van der Waals surface area (Å²) in [6.45, 7) is 5.32. The van der Waals surface area contributed by atoms with Gasteiger partial charge in [-0.25, -0.2) is 12.7 Å². The van der Waals surface area contributed by atoms with E-state index in [1.807, 2.05) is 12.1 Å². The number of rotatable bonds is 4. The van der Waals surface area contributed by atoms with Crippen molar-refractivity contribution in [1.29, 1.82) is 0 Å². The van der Waals surface area contributed by atoms with E-state index in [-0.39, 0.29) is 0 Å². The molecule has 0 saturated carbocycles. The third-order valence-electron chi connectivity index (χ3n) is 3.82. The fourth-order valence-electron chi connectivity index (χ4n) is 2.70. The molecule has 1 atom stereocenters. The zero-order valence-corrected chi connectivity index (χ0v) is 13.4. The summed E-state index contributed by atoms with van der Waals surface area (Å²) in [6, 6.07) is 7.30. The van der Waals surface area contributed by atoms with Crippen LogP contribution in [0.4, 0.5) is 0 Å². The standard InChI is InChI=1S/C15H24N2O2S/c1-13-6-5-9-17(11-13)12-14-7-4-8-15(10-14)20(18,19)16(2)3/h4,7-8,10,13H,5-6,9,11-12H2,1-3H3. The van der Waals surface area contributed by atoms with Crippen LogP contribution in [0.2, 0.25) is 0 Å². The van der Waals surface area contributed by atoms with Crippen molar-refractivity contribution >= 4 is 10.0 Å². The van der Waals surface area contributed by atoms with Gasteiger partial charge in [0, 0.05) is 27.2 Å². The largest absolute Gasteiger partial charge is 0.299 e. The summed E-state index contributed by atoms with van der Waals surface area (Å²) < 4.78 is 25.5. The molecule has 1 saturated heterocycles. The van der Waals surface area contributed by atoms with Gasteiger partial charge in [-0.3, -0.25) is 4.90 Å². The van der Waals surface area contributed by atoms with Gasteiger partial charge in [0.15, 0.2) is 0 Å². The highest BCUT2D eigenvalue weighted by Crippen LogP contribution is 2.20. The second kappa shape index (κ2) is 6.24.